The number of hydrogen-bond acceptors (Lipinski definition) is 5. The van der Waals surface area contributed by atoms with E-state index in [4.69, 9.17) is 0 Å². The summed E-state index contributed by atoms with van der Waals surface area (Å²) >= 11 is 0. The van der Waals surface area contributed by atoms with Gasteiger partial charge in [-0.3, -0.25) is 9.59 Å². The summed E-state index contributed by atoms with van der Waals surface area (Å²) in [5.74, 6) is -0.818. The Labute approximate surface area is 181 Å². The summed E-state index contributed by atoms with van der Waals surface area (Å²) in [6, 6.07) is 7.39. The topological polar surface area (TPSA) is 89.5 Å². The van der Waals surface area contributed by atoms with Crippen molar-refractivity contribution in [1.82, 2.24) is 0 Å². The SMILES string of the molecule is CCC(CC)CC1(C(=O)Nc2ccccc2CC(C)C(=O)O[SH](=O)=O)CCCCC1. The van der Waals surface area contributed by atoms with Gasteiger partial charge in [0.1, 0.15) is 0 Å². The smallest absolute Gasteiger partial charge is 0.324 e. The van der Waals surface area contributed by atoms with E-state index in [-0.39, 0.29) is 17.7 Å². The van der Waals surface area contributed by atoms with Gasteiger partial charge in [0.15, 0.2) is 0 Å². The molecule has 1 aliphatic carbocycles. The molecule has 0 aromatic heterocycles. The van der Waals surface area contributed by atoms with E-state index in [1.54, 1.807) is 6.92 Å². The van der Waals surface area contributed by atoms with Crippen LogP contribution >= 0.6 is 0 Å². The molecular weight excluding hydrogens is 402 g/mol. The summed E-state index contributed by atoms with van der Waals surface area (Å²) in [7, 11) is -3.22. The van der Waals surface area contributed by atoms with E-state index in [9.17, 15) is 18.0 Å². The van der Waals surface area contributed by atoms with E-state index >= 15 is 0 Å². The number of anilines is 1. The van der Waals surface area contributed by atoms with Crippen molar-refractivity contribution in [3.05, 3.63) is 29.8 Å². The Morgan fingerprint density at radius 3 is 2.33 bits per heavy atom. The molecule has 6 nitrogen and oxygen atoms in total. The maximum absolute atomic E-state index is 13.5. The minimum Gasteiger partial charge on any atom is -0.347 e. The minimum absolute atomic E-state index is 0.0689. The zero-order valence-electron chi connectivity index (χ0n) is 18.3. The molecular formula is C23H35NO5S. The van der Waals surface area contributed by atoms with Crippen LogP contribution < -0.4 is 5.32 Å². The summed E-state index contributed by atoms with van der Waals surface area (Å²) in [4.78, 5) is 25.4. The van der Waals surface area contributed by atoms with Crippen molar-refractivity contribution in [3.8, 4) is 0 Å². The summed E-state index contributed by atoms with van der Waals surface area (Å²) in [5.41, 5.74) is 1.14. The molecule has 1 unspecified atom stereocenters. The molecule has 1 fully saturated rings. The number of carbonyl (C=O) groups excluding carboxylic acids is 2. The van der Waals surface area contributed by atoms with Crippen molar-refractivity contribution in [3.63, 3.8) is 0 Å². The molecule has 30 heavy (non-hydrogen) atoms. The number of para-hydroxylation sites is 1. The third kappa shape index (κ3) is 6.56. The van der Waals surface area contributed by atoms with Crippen molar-refractivity contribution in [2.24, 2.45) is 17.3 Å². The van der Waals surface area contributed by atoms with Gasteiger partial charge in [-0.05, 0) is 43.2 Å². The van der Waals surface area contributed by atoms with E-state index in [0.717, 1.165) is 50.5 Å². The van der Waals surface area contributed by atoms with Crippen LogP contribution in [0.25, 0.3) is 0 Å². The Bertz CT molecular complexity index is 787. The third-order valence-electron chi connectivity index (χ3n) is 6.48. The van der Waals surface area contributed by atoms with Gasteiger partial charge in [-0.15, -0.1) is 0 Å². The van der Waals surface area contributed by atoms with Gasteiger partial charge >= 0.3 is 17.0 Å². The first-order valence-corrected chi connectivity index (χ1v) is 12.2. The average Bonchev–Trinajstić information content (AvgIpc) is 2.73. The largest absolute Gasteiger partial charge is 0.347 e. The Hall–Kier alpha value is -1.89. The summed E-state index contributed by atoms with van der Waals surface area (Å²) in [6.45, 7) is 6.00. The number of thiol groups is 1. The highest BCUT2D eigenvalue weighted by molar-refractivity contribution is 7.67. The number of amides is 1. The van der Waals surface area contributed by atoms with Gasteiger partial charge in [0.2, 0.25) is 5.91 Å². The van der Waals surface area contributed by atoms with Crippen LogP contribution in [0.4, 0.5) is 5.69 Å². The van der Waals surface area contributed by atoms with Crippen molar-refractivity contribution in [2.75, 3.05) is 5.32 Å². The fraction of sp³-hybridized carbons (Fsp3) is 0.652. The van der Waals surface area contributed by atoms with E-state index in [0.29, 0.717) is 11.6 Å². The van der Waals surface area contributed by atoms with Crippen LogP contribution in [0.2, 0.25) is 0 Å². The van der Waals surface area contributed by atoms with E-state index in [2.05, 4.69) is 23.3 Å². The Morgan fingerprint density at radius 1 is 1.10 bits per heavy atom. The second-order valence-corrected chi connectivity index (χ2v) is 9.21. The van der Waals surface area contributed by atoms with Crippen LogP contribution in [0, 0.1) is 17.3 Å². The zero-order chi connectivity index (χ0) is 22.1. The molecule has 1 aromatic rings. The molecule has 1 atom stereocenters. The first-order valence-electron chi connectivity index (χ1n) is 11.1. The average molecular weight is 438 g/mol. The zero-order valence-corrected chi connectivity index (χ0v) is 19.2. The van der Waals surface area contributed by atoms with Gasteiger partial charge in [0, 0.05) is 11.1 Å². The Kier molecular flexibility index (Phi) is 9.34. The molecule has 0 spiro atoms. The number of benzene rings is 1. The van der Waals surface area contributed by atoms with Gasteiger partial charge in [-0.25, -0.2) is 0 Å². The molecule has 1 aliphatic rings. The quantitative estimate of drug-likeness (QED) is 0.520. The van der Waals surface area contributed by atoms with E-state index in [1.165, 1.54) is 6.42 Å². The lowest BCUT2D eigenvalue weighted by atomic mass is 9.67. The van der Waals surface area contributed by atoms with Gasteiger partial charge in [0.25, 0.3) is 0 Å². The minimum atomic E-state index is -3.22. The summed E-state index contributed by atoms with van der Waals surface area (Å²) < 4.78 is 25.6. The highest BCUT2D eigenvalue weighted by Crippen LogP contribution is 2.44. The molecule has 1 aromatic carbocycles. The van der Waals surface area contributed by atoms with Crippen molar-refractivity contribution >= 4 is 28.5 Å². The van der Waals surface area contributed by atoms with Crippen LogP contribution in [0.3, 0.4) is 0 Å². The fourth-order valence-corrected chi connectivity index (χ4v) is 4.86. The van der Waals surface area contributed by atoms with Crippen LogP contribution in [0.15, 0.2) is 24.3 Å². The van der Waals surface area contributed by atoms with E-state index < -0.39 is 22.9 Å². The van der Waals surface area contributed by atoms with Gasteiger partial charge in [0.05, 0.1) is 5.92 Å². The molecule has 2 rings (SSSR count). The fourth-order valence-electron chi connectivity index (χ4n) is 4.53. The molecule has 1 saturated carbocycles. The highest BCUT2D eigenvalue weighted by Gasteiger charge is 2.40. The van der Waals surface area contributed by atoms with Gasteiger partial charge in [-0.2, -0.15) is 8.42 Å². The monoisotopic (exact) mass is 437 g/mol. The number of hydrogen-bond donors (Lipinski definition) is 2. The molecule has 0 aliphatic heterocycles. The van der Waals surface area contributed by atoms with Crippen molar-refractivity contribution in [2.45, 2.75) is 78.6 Å². The third-order valence-corrected chi connectivity index (χ3v) is 6.81. The molecule has 168 valence electrons. The molecule has 0 saturated heterocycles. The summed E-state index contributed by atoms with van der Waals surface area (Å²) in [5, 5.41) is 3.15. The molecule has 1 amide bonds. The molecule has 0 radical (unpaired) electrons. The maximum Gasteiger partial charge on any atom is 0.324 e. The molecule has 1 N–H and O–H groups in total. The lowest BCUT2D eigenvalue weighted by molar-refractivity contribution is -0.137. The Morgan fingerprint density at radius 2 is 1.73 bits per heavy atom. The second kappa shape index (κ2) is 11.5. The first kappa shape index (κ1) is 24.4. The normalized spacial score (nSPS) is 17.0. The second-order valence-electron chi connectivity index (χ2n) is 8.58. The van der Waals surface area contributed by atoms with Crippen LogP contribution in [-0.4, -0.2) is 20.3 Å². The van der Waals surface area contributed by atoms with Crippen molar-refractivity contribution < 1.29 is 22.2 Å². The van der Waals surface area contributed by atoms with Gasteiger partial charge in [-0.1, -0.05) is 71.1 Å². The number of nitrogens with one attached hydrogen (secondary N) is 1. The number of carbonyl (C=O) groups is 2. The Balaban J connectivity index is 2.19. The van der Waals surface area contributed by atoms with E-state index in [1.807, 2.05) is 24.3 Å². The molecule has 0 heterocycles. The molecule has 0 bridgehead atoms. The van der Waals surface area contributed by atoms with Crippen LogP contribution in [0.1, 0.15) is 77.7 Å². The predicted molar refractivity (Wildman–Crippen MR) is 119 cm³/mol. The predicted octanol–water partition coefficient (Wildman–Crippen LogP) is 4.65. The van der Waals surface area contributed by atoms with Crippen LogP contribution in [0.5, 0.6) is 0 Å². The first-order chi connectivity index (χ1) is 14.3. The lowest BCUT2D eigenvalue weighted by Gasteiger charge is -2.38. The van der Waals surface area contributed by atoms with Crippen molar-refractivity contribution in [1.29, 1.82) is 0 Å². The lowest BCUT2D eigenvalue weighted by Crippen LogP contribution is -2.40. The highest BCUT2D eigenvalue weighted by atomic mass is 32.2. The van der Waals surface area contributed by atoms with Gasteiger partial charge < -0.3 is 9.50 Å². The number of rotatable bonds is 10. The standard InChI is InChI=1S/C23H35NO5S/c1-4-18(5-2)16-23(13-9-6-10-14-23)22(26)24-20-12-8-7-11-19(20)15-17(3)21(25)29-30(27)28/h7-8,11-12,17-18,30H,4-6,9-10,13-16H2,1-3H3,(H,24,26). The van der Waals surface area contributed by atoms with Crippen LogP contribution in [-0.2, 0) is 31.2 Å². The molecule has 7 heteroatoms. The summed E-state index contributed by atoms with van der Waals surface area (Å²) in [6.07, 6.45) is 8.50. The maximum atomic E-state index is 13.5.